The van der Waals surface area contributed by atoms with Gasteiger partial charge in [0.05, 0.1) is 12.7 Å². The topological polar surface area (TPSA) is 29.5 Å². The van der Waals surface area contributed by atoms with Gasteiger partial charge in [-0.15, -0.1) is 11.6 Å². The Balaban J connectivity index is 1.66. The summed E-state index contributed by atoms with van der Waals surface area (Å²) in [5.41, 5.74) is 2.51. The maximum Gasteiger partial charge on any atom is 0.0846 e. The van der Waals surface area contributed by atoms with Crippen molar-refractivity contribution < 1.29 is 9.84 Å². The standard InChI is InChI=1S/C24H37ClO2/c1-3-5-16-27-17-20-11-12-21(25)22(20)18-7-9-19(10-8-18)23(26)24(13-4-2)14-6-15-24/h7-10,20-23,26H,3-6,11-17H2,1-2H3. The van der Waals surface area contributed by atoms with Crippen LogP contribution >= 0.6 is 11.6 Å². The van der Waals surface area contributed by atoms with Crippen LogP contribution in [0, 0.1) is 11.3 Å². The molecule has 1 aromatic rings. The molecule has 0 aliphatic heterocycles. The van der Waals surface area contributed by atoms with Crippen LogP contribution in [0.1, 0.15) is 94.8 Å². The minimum Gasteiger partial charge on any atom is -0.388 e. The molecule has 2 aliphatic carbocycles. The molecule has 2 aliphatic rings. The summed E-state index contributed by atoms with van der Waals surface area (Å²) in [4.78, 5) is 0. The number of rotatable bonds is 10. The summed E-state index contributed by atoms with van der Waals surface area (Å²) in [6, 6.07) is 8.71. The van der Waals surface area contributed by atoms with E-state index in [0.29, 0.717) is 11.8 Å². The van der Waals surface area contributed by atoms with E-state index in [9.17, 15) is 5.11 Å². The fourth-order valence-corrected chi connectivity index (χ4v) is 5.70. The van der Waals surface area contributed by atoms with Crippen molar-refractivity contribution in [3.8, 4) is 0 Å². The number of aliphatic hydroxyl groups excluding tert-OH is 1. The molecule has 2 nitrogen and oxygen atoms in total. The maximum absolute atomic E-state index is 11.0. The van der Waals surface area contributed by atoms with Crippen molar-refractivity contribution in [3.05, 3.63) is 35.4 Å². The van der Waals surface area contributed by atoms with Crippen LogP contribution in [0.15, 0.2) is 24.3 Å². The highest BCUT2D eigenvalue weighted by molar-refractivity contribution is 6.21. The Morgan fingerprint density at radius 3 is 2.48 bits per heavy atom. The number of benzene rings is 1. The Hall–Kier alpha value is -0.570. The molecule has 0 saturated heterocycles. The van der Waals surface area contributed by atoms with E-state index in [1.54, 1.807) is 0 Å². The zero-order chi connectivity index (χ0) is 19.3. The lowest BCUT2D eigenvalue weighted by Crippen LogP contribution is -2.36. The number of unbranched alkanes of at least 4 members (excludes halogenated alkanes) is 1. The van der Waals surface area contributed by atoms with Gasteiger partial charge in [-0.05, 0) is 55.6 Å². The third-order valence-corrected chi connectivity index (χ3v) is 7.49. The van der Waals surface area contributed by atoms with Crippen molar-refractivity contribution in [1.82, 2.24) is 0 Å². The summed E-state index contributed by atoms with van der Waals surface area (Å²) >= 11 is 6.69. The Bertz CT molecular complexity index is 566. The second-order valence-corrected chi connectivity index (χ2v) is 9.40. The molecule has 4 unspecified atom stereocenters. The summed E-state index contributed by atoms with van der Waals surface area (Å²) in [5.74, 6) is 0.881. The Morgan fingerprint density at radius 1 is 1.15 bits per heavy atom. The number of aliphatic hydroxyl groups is 1. The van der Waals surface area contributed by atoms with Crippen LogP contribution in [0.25, 0.3) is 0 Å². The average Bonchev–Trinajstić information content (AvgIpc) is 3.02. The Morgan fingerprint density at radius 2 is 1.89 bits per heavy atom. The van der Waals surface area contributed by atoms with Gasteiger partial charge in [0.25, 0.3) is 0 Å². The number of hydrogen-bond acceptors (Lipinski definition) is 2. The van der Waals surface area contributed by atoms with E-state index in [4.69, 9.17) is 16.3 Å². The van der Waals surface area contributed by atoms with Gasteiger partial charge in [0.2, 0.25) is 0 Å². The Labute approximate surface area is 170 Å². The molecule has 2 saturated carbocycles. The zero-order valence-corrected chi connectivity index (χ0v) is 17.9. The van der Waals surface area contributed by atoms with Gasteiger partial charge in [-0.3, -0.25) is 0 Å². The molecule has 0 aromatic heterocycles. The van der Waals surface area contributed by atoms with Crippen LogP contribution in [0.4, 0.5) is 0 Å². The molecular formula is C24H37ClO2. The molecule has 0 amide bonds. The first kappa shape index (κ1) is 21.1. The predicted molar refractivity (Wildman–Crippen MR) is 113 cm³/mol. The van der Waals surface area contributed by atoms with Crippen molar-refractivity contribution in [2.24, 2.45) is 11.3 Å². The van der Waals surface area contributed by atoms with Crippen molar-refractivity contribution >= 4 is 11.6 Å². The SMILES string of the molecule is CCCCOCC1CCC(Cl)C1c1ccc(C(O)C2(CCC)CCC2)cc1. The summed E-state index contributed by atoms with van der Waals surface area (Å²) < 4.78 is 5.92. The number of alkyl halides is 1. The lowest BCUT2D eigenvalue weighted by atomic mass is 9.61. The van der Waals surface area contributed by atoms with E-state index in [-0.39, 0.29) is 16.9 Å². The van der Waals surface area contributed by atoms with Crippen molar-refractivity contribution in [2.75, 3.05) is 13.2 Å². The van der Waals surface area contributed by atoms with E-state index in [1.807, 2.05) is 0 Å². The first-order valence-corrected chi connectivity index (χ1v) is 11.5. The summed E-state index contributed by atoms with van der Waals surface area (Å²) in [6.07, 6.45) is 10.0. The molecule has 0 heterocycles. The molecule has 4 atom stereocenters. The fourth-order valence-electron chi connectivity index (χ4n) is 5.22. The molecule has 27 heavy (non-hydrogen) atoms. The molecule has 0 spiro atoms. The van der Waals surface area contributed by atoms with E-state index in [2.05, 4.69) is 38.1 Å². The molecule has 1 N–H and O–H groups in total. The molecule has 0 bridgehead atoms. The zero-order valence-electron chi connectivity index (χ0n) is 17.1. The average molecular weight is 393 g/mol. The molecule has 3 heteroatoms. The highest BCUT2D eigenvalue weighted by Crippen LogP contribution is 2.53. The first-order chi connectivity index (χ1) is 13.1. The first-order valence-electron chi connectivity index (χ1n) is 11.1. The molecule has 3 rings (SSSR count). The van der Waals surface area contributed by atoms with Crippen molar-refractivity contribution in [2.45, 2.75) is 89.0 Å². The van der Waals surface area contributed by atoms with E-state index < -0.39 is 0 Å². The molecule has 0 radical (unpaired) electrons. The van der Waals surface area contributed by atoms with E-state index >= 15 is 0 Å². The summed E-state index contributed by atoms with van der Waals surface area (Å²) in [5, 5.41) is 11.2. The van der Waals surface area contributed by atoms with Crippen LogP contribution in [-0.4, -0.2) is 23.7 Å². The van der Waals surface area contributed by atoms with Crippen molar-refractivity contribution in [1.29, 1.82) is 0 Å². The van der Waals surface area contributed by atoms with E-state index in [0.717, 1.165) is 63.7 Å². The molecule has 1 aromatic carbocycles. The van der Waals surface area contributed by atoms with Gasteiger partial charge >= 0.3 is 0 Å². The highest BCUT2D eigenvalue weighted by atomic mass is 35.5. The number of ether oxygens (including phenoxy) is 1. The fraction of sp³-hybridized carbons (Fsp3) is 0.750. The minimum atomic E-state index is -0.330. The van der Waals surface area contributed by atoms with Crippen LogP contribution in [0.3, 0.4) is 0 Å². The second-order valence-electron chi connectivity index (χ2n) is 8.84. The normalized spacial score (nSPS) is 28.1. The molecule has 2 fully saturated rings. The van der Waals surface area contributed by atoms with Crippen LogP contribution in [0.2, 0.25) is 0 Å². The van der Waals surface area contributed by atoms with Gasteiger partial charge in [-0.25, -0.2) is 0 Å². The number of hydrogen-bond donors (Lipinski definition) is 1. The van der Waals surface area contributed by atoms with Crippen LogP contribution in [-0.2, 0) is 4.74 Å². The lowest BCUT2D eigenvalue weighted by molar-refractivity contribution is -0.0440. The lowest BCUT2D eigenvalue weighted by Gasteiger charge is -2.46. The van der Waals surface area contributed by atoms with Crippen molar-refractivity contribution in [3.63, 3.8) is 0 Å². The monoisotopic (exact) mass is 392 g/mol. The second kappa shape index (κ2) is 9.76. The van der Waals surface area contributed by atoms with Gasteiger partial charge in [0, 0.05) is 23.3 Å². The van der Waals surface area contributed by atoms with Crippen LogP contribution in [0.5, 0.6) is 0 Å². The van der Waals surface area contributed by atoms with Gasteiger partial charge in [-0.2, -0.15) is 0 Å². The van der Waals surface area contributed by atoms with Gasteiger partial charge in [0.15, 0.2) is 0 Å². The molecule has 152 valence electrons. The van der Waals surface area contributed by atoms with Crippen LogP contribution < -0.4 is 0 Å². The predicted octanol–water partition coefficient (Wildman–Crippen LogP) is 6.61. The third kappa shape index (κ3) is 4.71. The Kier molecular flexibility index (Phi) is 7.65. The summed E-state index contributed by atoms with van der Waals surface area (Å²) in [7, 11) is 0. The third-order valence-electron chi connectivity index (χ3n) is 7.00. The largest absolute Gasteiger partial charge is 0.388 e. The summed E-state index contributed by atoms with van der Waals surface area (Å²) in [6.45, 7) is 6.09. The quantitative estimate of drug-likeness (QED) is 0.358. The smallest absolute Gasteiger partial charge is 0.0846 e. The molecular weight excluding hydrogens is 356 g/mol. The van der Waals surface area contributed by atoms with Gasteiger partial charge < -0.3 is 9.84 Å². The van der Waals surface area contributed by atoms with Gasteiger partial charge in [0.1, 0.15) is 0 Å². The van der Waals surface area contributed by atoms with Gasteiger partial charge in [-0.1, -0.05) is 57.4 Å². The highest BCUT2D eigenvalue weighted by Gasteiger charge is 2.43. The number of halogens is 1. The minimum absolute atomic E-state index is 0.119. The van der Waals surface area contributed by atoms with E-state index in [1.165, 1.54) is 18.4 Å². The maximum atomic E-state index is 11.0.